The van der Waals surface area contributed by atoms with Crippen LogP contribution in [0.3, 0.4) is 0 Å². The number of nitriles is 1. The highest BCUT2D eigenvalue weighted by molar-refractivity contribution is 5.97. The van der Waals surface area contributed by atoms with Crippen LogP contribution in [-0.4, -0.2) is 60.2 Å². The Kier molecular flexibility index (Phi) is 4.40. The van der Waals surface area contributed by atoms with E-state index in [0.29, 0.717) is 19.6 Å². The number of hydrogen-bond donors (Lipinski definition) is 1. The van der Waals surface area contributed by atoms with Crippen LogP contribution in [0.2, 0.25) is 0 Å². The summed E-state index contributed by atoms with van der Waals surface area (Å²) in [4.78, 5) is 39.3. The second-order valence-corrected chi connectivity index (χ2v) is 6.20. The molecule has 2 aliphatic rings. The lowest BCUT2D eigenvalue weighted by molar-refractivity contribution is -0.132. The molecule has 0 aromatic heterocycles. The van der Waals surface area contributed by atoms with Gasteiger partial charge in [0.1, 0.15) is 17.4 Å². The number of rotatable bonds is 3. The summed E-state index contributed by atoms with van der Waals surface area (Å²) >= 11 is 0. The van der Waals surface area contributed by atoms with Gasteiger partial charge in [0, 0.05) is 33.1 Å². The van der Waals surface area contributed by atoms with Crippen LogP contribution >= 0.6 is 0 Å². The number of carbonyl (C=O) groups is 3. The molecule has 1 unspecified atom stereocenters. The number of likely N-dealkylation sites (tertiary alicyclic amines) is 2. The van der Waals surface area contributed by atoms with Gasteiger partial charge >= 0.3 is 0 Å². The van der Waals surface area contributed by atoms with Gasteiger partial charge in [-0.15, -0.1) is 0 Å². The Bertz CT molecular complexity index is 783. The molecule has 2 heterocycles. The van der Waals surface area contributed by atoms with Crippen LogP contribution in [0.5, 0.6) is 0 Å². The zero-order chi connectivity index (χ0) is 18.1. The Balaban J connectivity index is 1.64. The van der Waals surface area contributed by atoms with Crippen molar-refractivity contribution < 1.29 is 18.8 Å². The Labute approximate surface area is 144 Å². The Hall–Kier alpha value is -2.95. The van der Waals surface area contributed by atoms with Crippen LogP contribution in [0.15, 0.2) is 18.2 Å². The number of carbonyl (C=O) groups excluding carboxylic acids is 3. The van der Waals surface area contributed by atoms with Gasteiger partial charge in [-0.05, 0) is 12.1 Å². The predicted molar refractivity (Wildman–Crippen MR) is 84.7 cm³/mol. The van der Waals surface area contributed by atoms with E-state index in [1.165, 1.54) is 24.1 Å². The lowest BCUT2D eigenvalue weighted by Gasteiger charge is -2.44. The molecule has 2 fully saturated rings. The molecule has 0 saturated carbocycles. The molecule has 2 saturated heterocycles. The summed E-state index contributed by atoms with van der Waals surface area (Å²) in [5.41, 5.74) is -0.246. The van der Waals surface area contributed by atoms with Gasteiger partial charge in [0.15, 0.2) is 0 Å². The minimum absolute atomic E-state index is 0.0249. The van der Waals surface area contributed by atoms with Gasteiger partial charge in [-0.1, -0.05) is 6.07 Å². The molecule has 1 aromatic carbocycles. The minimum Gasteiger partial charge on any atom is -0.359 e. The Morgan fingerprint density at radius 1 is 1.32 bits per heavy atom. The molecule has 1 N–H and O–H groups in total. The van der Waals surface area contributed by atoms with Gasteiger partial charge in [-0.3, -0.25) is 14.4 Å². The standard InChI is InChI=1S/C17H17FN4O3/c1-20-16(24)10-5-15(23)22(7-10)11-8-21(9-11)17(25)12-3-2-4-14(18)13(12)6-19/h2-4,10-11H,5,7-9H2,1H3,(H,20,24). The summed E-state index contributed by atoms with van der Waals surface area (Å²) in [7, 11) is 1.53. The average molecular weight is 344 g/mol. The third-order valence-electron chi connectivity index (χ3n) is 4.72. The van der Waals surface area contributed by atoms with Crippen LogP contribution in [0, 0.1) is 23.1 Å². The van der Waals surface area contributed by atoms with Crippen molar-refractivity contribution >= 4 is 17.7 Å². The second kappa shape index (κ2) is 6.51. The third-order valence-corrected chi connectivity index (χ3v) is 4.72. The Morgan fingerprint density at radius 3 is 2.68 bits per heavy atom. The lowest BCUT2D eigenvalue weighted by atomic mass is 10.0. The van der Waals surface area contributed by atoms with Crippen molar-refractivity contribution in [3.05, 3.63) is 35.1 Å². The van der Waals surface area contributed by atoms with Crippen LogP contribution < -0.4 is 5.32 Å². The zero-order valence-corrected chi connectivity index (χ0v) is 13.7. The van der Waals surface area contributed by atoms with E-state index in [0.717, 1.165) is 6.07 Å². The molecule has 3 amide bonds. The van der Waals surface area contributed by atoms with E-state index in [-0.39, 0.29) is 41.3 Å². The monoisotopic (exact) mass is 344 g/mol. The first-order valence-corrected chi connectivity index (χ1v) is 7.95. The molecule has 0 radical (unpaired) electrons. The maximum absolute atomic E-state index is 13.6. The highest BCUT2D eigenvalue weighted by atomic mass is 19.1. The lowest BCUT2D eigenvalue weighted by Crippen LogP contribution is -2.61. The first kappa shape index (κ1) is 16.9. The van der Waals surface area contributed by atoms with Crippen molar-refractivity contribution in [3.63, 3.8) is 0 Å². The normalized spacial score (nSPS) is 20.2. The second-order valence-electron chi connectivity index (χ2n) is 6.20. The first-order valence-electron chi connectivity index (χ1n) is 7.95. The molecule has 2 aliphatic heterocycles. The summed E-state index contributed by atoms with van der Waals surface area (Å²) in [5.74, 6) is -1.79. The molecule has 8 heteroatoms. The highest BCUT2D eigenvalue weighted by Crippen LogP contribution is 2.26. The third kappa shape index (κ3) is 2.93. The first-order chi connectivity index (χ1) is 12.0. The van der Waals surface area contributed by atoms with Crippen LogP contribution in [-0.2, 0) is 9.59 Å². The molecule has 0 aliphatic carbocycles. The summed E-state index contributed by atoms with van der Waals surface area (Å²) in [6.45, 7) is 0.966. The van der Waals surface area contributed by atoms with E-state index in [2.05, 4.69) is 5.32 Å². The van der Waals surface area contributed by atoms with Crippen molar-refractivity contribution in [3.8, 4) is 6.07 Å². The summed E-state index contributed by atoms with van der Waals surface area (Å²) in [6.07, 6.45) is 0.173. The molecule has 130 valence electrons. The average Bonchev–Trinajstić information content (AvgIpc) is 2.94. The SMILES string of the molecule is CNC(=O)C1CC(=O)N(C2CN(C(=O)c3cccc(F)c3C#N)C2)C1. The Morgan fingerprint density at radius 2 is 2.04 bits per heavy atom. The van der Waals surface area contributed by atoms with Gasteiger partial charge in [0.25, 0.3) is 5.91 Å². The van der Waals surface area contributed by atoms with Crippen molar-refractivity contribution in [2.24, 2.45) is 5.92 Å². The van der Waals surface area contributed by atoms with E-state index >= 15 is 0 Å². The fraction of sp³-hybridized carbons (Fsp3) is 0.412. The van der Waals surface area contributed by atoms with Gasteiger partial charge in [-0.25, -0.2) is 4.39 Å². The predicted octanol–water partition coefficient (Wildman–Crippen LogP) is 0.116. The van der Waals surface area contributed by atoms with Gasteiger partial charge in [0.05, 0.1) is 17.5 Å². The number of amides is 3. The fourth-order valence-corrected chi connectivity index (χ4v) is 3.27. The molecular formula is C17H17FN4O3. The molecule has 3 rings (SSSR count). The maximum atomic E-state index is 13.6. The number of hydrogen-bond acceptors (Lipinski definition) is 4. The highest BCUT2D eigenvalue weighted by Gasteiger charge is 2.43. The summed E-state index contributed by atoms with van der Waals surface area (Å²) in [5, 5.41) is 11.6. The zero-order valence-electron chi connectivity index (χ0n) is 13.7. The van der Waals surface area contributed by atoms with Crippen molar-refractivity contribution in [2.75, 3.05) is 26.7 Å². The van der Waals surface area contributed by atoms with Gasteiger partial charge in [-0.2, -0.15) is 5.26 Å². The molecule has 1 atom stereocenters. The summed E-state index contributed by atoms with van der Waals surface area (Å²) in [6, 6.07) is 5.51. The van der Waals surface area contributed by atoms with Crippen LogP contribution in [0.4, 0.5) is 4.39 Å². The summed E-state index contributed by atoms with van der Waals surface area (Å²) < 4.78 is 13.6. The molecule has 0 bridgehead atoms. The van der Waals surface area contributed by atoms with E-state index in [1.54, 1.807) is 11.0 Å². The number of nitrogens with one attached hydrogen (secondary N) is 1. The molecular weight excluding hydrogens is 327 g/mol. The fourth-order valence-electron chi connectivity index (χ4n) is 3.27. The van der Waals surface area contributed by atoms with Crippen molar-refractivity contribution in [1.82, 2.24) is 15.1 Å². The molecule has 1 aromatic rings. The number of halogens is 1. The van der Waals surface area contributed by atoms with Crippen molar-refractivity contribution in [2.45, 2.75) is 12.5 Å². The van der Waals surface area contributed by atoms with Crippen LogP contribution in [0.25, 0.3) is 0 Å². The van der Waals surface area contributed by atoms with Crippen molar-refractivity contribution in [1.29, 1.82) is 5.26 Å². The largest absolute Gasteiger partial charge is 0.359 e. The van der Waals surface area contributed by atoms with Gasteiger partial charge < -0.3 is 15.1 Å². The maximum Gasteiger partial charge on any atom is 0.255 e. The van der Waals surface area contributed by atoms with E-state index in [4.69, 9.17) is 5.26 Å². The smallest absolute Gasteiger partial charge is 0.255 e. The number of benzene rings is 1. The number of nitrogens with zero attached hydrogens (tertiary/aromatic N) is 3. The van der Waals surface area contributed by atoms with E-state index in [9.17, 15) is 18.8 Å². The van der Waals surface area contributed by atoms with Crippen LogP contribution in [0.1, 0.15) is 22.3 Å². The minimum atomic E-state index is -0.728. The van der Waals surface area contributed by atoms with Gasteiger partial charge in [0.2, 0.25) is 11.8 Å². The molecule has 7 nitrogen and oxygen atoms in total. The quantitative estimate of drug-likeness (QED) is 0.843. The van der Waals surface area contributed by atoms with E-state index in [1.807, 2.05) is 0 Å². The topological polar surface area (TPSA) is 93.5 Å². The molecule has 0 spiro atoms. The molecule has 25 heavy (non-hydrogen) atoms. The van der Waals surface area contributed by atoms with E-state index < -0.39 is 11.7 Å².